The second-order valence-electron chi connectivity index (χ2n) is 7.15. The SMILES string of the molecule is COc1cc(C=NNC(=O)c2cccc3ccccc23)ccc1OC(=O)c1ccc(Cl)cc1Cl. The second-order valence-corrected chi connectivity index (χ2v) is 7.99. The van der Waals surface area contributed by atoms with Crippen molar-refractivity contribution >= 4 is 52.1 Å². The quantitative estimate of drug-likeness (QED) is 0.152. The van der Waals surface area contributed by atoms with Crippen LogP contribution in [-0.2, 0) is 0 Å². The molecule has 4 aromatic carbocycles. The van der Waals surface area contributed by atoms with Crippen molar-refractivity contribution in [1.29, 1.82) is 0 Å². The summed E-state index contributed by atoms with van der Waals surface area (Å²) >= 11 is 12.0. The van der Waals surface area contributed by atoms with Crippen LogP contribution in [0.2, 0.25) is 10.0 Å². The molecule has 0 saturated heterocycles. The van der Waals surface area contributed by atoms with E-state index >= 15 is 0 Å². The Labute approximate surface area is 205 Å². The minimum absolute atomic E-state index is 0.176. The number of hydrazone groups is 1. The van der Waals surface area contributed by atoms with Crippen LogP contribution < -0.4 is 14.9 Å². The number of halogens is 2. The van der Waals surface area contributed by atoms with E-state index in [9.17, 15) is 9.59 Å². The van der Waals surface area contributed by atoms with E-state index in [1.54, 1.807) is 30.3 Å². The van der Waals surface area contributed by atoms with Gasteiger partial charge in [-0.15, -0.1) is 0 Å². The molecule has 0 bridgehead atoms. The van der Waals surface area contributed by atoms with E-state index in [1.807, 2.05) is 36.4 Å². The molecule has 0 radical (unpaired) electrons. The normalized spacial score (nSPS) is 10.9. The van der Waals surface area contributed by atoms with Crippen molar-refractivity contribution < 1.29 is 19.1 Å². The van der Waals surface area contributed by atoms with Crippen LogP contribution in [0.25, 0.3) is 10.8 Å². The van der Waals surface area contributed by atoms with E-state index in [-0.39, 0.29) is 22.2 Å². The van der Waals surface area contributed by atoms with E-state index in [0.29, 0.717) is 21.9 Å². The summed E-state index contributed by atoms with van der Waals surface area (Å²) in [5.74, 6) is -0.465. The van der Waals surface area contributed by atoms with Crippen molar-refractivity contribution in [1.82, 2.24) is 5.43 Å². The summed E-state index contributed by atoms with van der Waals surface area (Å²) in [4.78, 5) is 25.1. The summed E-state index contributed by atoms with van der Waals surface area (Å²) in [6.07, 6.45) is 1.47. The fourth-order valence-electron chi connectivity index (χ4n) is 3.31. The van der Waals surface area contributed by atoms with Crippen LogP contribution in [0.1, 0.15) is 26.3 Å². The number of nitrogens with one attached hydrogen (secondary N) is 1. The molecule has 0 aliphatic carbocycles. The fourth-order valence-corrected chi connectivity index (χ4v) is 3.79. The van der Waals surface area contributed by atoms with Crippen molar-refractivity contribution in [2.24, 2.45) is 5.10 Å². The van der Waals surface area contributed by atoms with Crippen LogP contribution in [0.3, 0.4) is 0 Å². The predicted molar refractivity (Wildman–Crippen MR) is 133 cm³/mol. The number of hydrogen-bond donors (Lipinski definition) is 1. The van der Waals surface area contributed by atoms with Gasteiger partial charge in [0.05, 0.1) is 23.9 Å². The zero-order valence-electron chi connectivity index (χ0n) is 17.9. The highest BCUT2D eigenvalue weighted by atomic mass is 35.5. The number of amides is 1. The third-order valence-corrected chi connectivity index (χ3v) is 5.50. The molecule has 0 heterocycles. The number of hydrogen-bond acceptors (Lipinski definition) is 5. The number of carbonyl (C=O) groups is 2. The molecule has 4 aromatic rings. The summed E-state index contributed by atoms with van der Waals surface area (Å²) in [6, 6.07) is 22.5. The highest BCUT2D eigenvalue weighted by Gasteiger charge is 2.16. The number of rotatable bonds is 6. The molecule has 4 rings (SSSR count). The molecule has 0 saturated carbocycles. The minimum Gasteiger partial charge on any atom is -0.493 e. The first-order valence-corrected chi connectivity index (χ1v) is 10.9. The number of benzene rings is 4. The summed E-state index contributed by atoms with van der Waals surface area (Å²) in [5.41, 5.74) is 3.86. The molecule has 34 heavy (non-hydrogen) atoms. The Morgan fingerprint density at radius 2 is 1.68 bits per heavy atom. The summed E-state index contributed by atoms with van der Waals surface area (Å²) < 4.78 is 10.8. The highest BCUT2D eigenvalue weighted by Crippen LogP contribution is 2.30. The molecule has 0 atom stereocenters. The number of esters is 1. The van der Waals surface area contributed by atoms with Crippen LogP contribution in [0.15, 0.2) is 84.0 Å². The Hall–Kier alpha value is -3.87. The third-order valence-electron chi connectivity index (χ3n) is 4.96. The first-order chi connectivity index (χ1) is 16.5. The number of ether oxygens (including phenoxy) is 2. The van der Waals surface area contributed by atoms with Crippen LogP contribution in [0.5, 0.6) is 11.5 Å². The van der Waals surface area contributed by atoms with Gasteiger partial charge in [0.25, 0.3) is 5.91 Å². The van der Waals surface area contributed by atoms with E-state index < -0.39 is 5.97 Å². The Kier molecular flexibility index (Phi) is 7.11. The van der Waals surface area contributed by atoms with Gasteiger partial charge in [0.1, 0.15) is 0 Å². The topological polar surface area (TPSA) is 77.0 Å². The summed E-state index contributed by atoms with van der Waals surface area (Å²) in [6.45, 7) is 0. The van der Waals surface area contributed by atoms with Crippen LogP contribution in [0, 0.1) is 0 Å². The first-order valence-electron chi connectivity index (χ1n) is 10.1. The van der Waals surface area contributed by atoms with Gasteiger partial charge in [-0.25, -0.2) is 10.2 Å². The van der Waals surface area contributed by atoms with Gasteiger partial charge in [-0.3, -0.25) is 4.79 Å². The molecule has 0 spiro atoms. The van der Waals surface area contributed by atoms with E-state index in [0.717, 1.165) is 10.8 Å². The lowest BCUT2D eigenvalue weighted by atomic mass is 10.0. The molecule has 6 nitrogen and oxygen atoms in total. The Morgan fingerprint density at radius 3 is 2.47 bits per heavy atom. The van der Waals surface area contributed by atoms with Crippen molar-refractivity contribution in [2.45, 2.75) is 0 Å². The van der Waals surface area contributed by atoms with Gasteiger partial charge in [-0.2, -0.15) is 5.10 Å². The van der Waals surface area contributed by atoms with Gasteiger partial charge in [0.15, 0.2) is 11.5 Å². The van der Waals surface area contributed by atoms with E-state index in [2.05, 4.69) is 10.5 Å². The molecule has 170 valence electrons. The van der Waals surface area contributed by atoms with Crippen LogP contribution >= 0.6 is 23.2 Å². The van der Waals surface area contributed by atoms with Crippen LogP contribution in [-0.4, -0.2) is 25.2 Å². The Morgan fingerprint density at radius 1 is 0.882 bits per heavy atom. The van der Waals surface area contributed by atoms with Crippen molar-refractivity contribution in [2.75, 3.05) is 7.11 Å². The van der Waals surface area contributed by atoms with Crippen LogP contribution in [0.4, 0.5) is 0 Å². The monoisotopic (exact) mass is 492 g/mol. The Balaban J connectivity index is 1.47. The third kappa shape index (κ3) is 5.20. The molecule has 1 amide bonds. The molecule has 0 aliphatic rings. The summed E-state index contributed by atoms with van der Waals surface area (Å²) in [7, 11) is 1.45. The van der Waals surface area contributed by atoms with Gasteiger partial charge in [-0.05, 0) is 58.8 Å². The molecule has 0 aliphatic heterocycles. The lowest BCUT2D eigenvalue weighted by molar-refractivity contribution is 0.0729. The number of methoxy groups -OCH3 is 1. The van der Waals surface area contributed by atoms with Gasteiger partial charge in [-0.1, -0.05) is 59.6 Å². The number of fused-ring (bicyclic) bond motifs is 1. The lowest BCUT2D eigenvalue weighted by Crippen LogP contribution is -2.17. The standard InChI is InChI=1S/C26H18Cl2N2O4/c1-33-24-13-16(9-12-23(24)34-26(32)21-11-10-18(27)14-22(21)28)15-29-30-25(31)20-8-4-6-17-5-2-3-7-19(17)20/h2-15H,1H3,(H,30,31). The predicted octanol–water partition coefficient (Wildman–Crippen LogP) is 6.14. The van der Waals surface area contributed by atoms with E-state index in [4.69, 9.17) is 32.7 Å². The van der Waals surface area contributed by atoms with Gasteiger partial charge >= 0.3 is 5.97 Å². The second kappa shape index (κ2) is 10.4. The van der Waals surface area contributed by atoms with Crippen molar-refractivity contribution in [3.05, 3.63) is 106 Å². The largest absolute Gasteiger partial charge is 0.493 e. The van der Waals surface area contributed by atoms with E-state index in [1.165, 1.54) is 25.5 Å². The minimum atomic E-state index is -0.649. The van der Waals surface area contributed by atoms with Gasteiger partial charge in [0.2, 0.25) is 0 Å². The molecule has 0 aromatic heterocycles. The molecule has 8 heteroatoms. The fraction of sp³-hybridized carbons (Fsp3) is 0.0385. The zero-order valence-corrected chi connectivity index (χ0v) is 19.4. The lowest BCUT2D eigenvalue weighted by Gasteiger charge is -2.10. The molecule has 0 fully saturated rings. The molecular weight excluding hydrogens is 475 g/mol. The smallest absolute Gasteiger partial charge is 0.345 e. The summed E-state index contributed by atoms with van der Waals surface area (Å²) in [5, 5.41) is 6.44. The van der Waals surface area contributed by atoms with Crippen molar-refractivity contribution in [3.8, 4) is 11.5 Å². The maximum atomic E-state index is 12.6. The molecule has 1 N–H and O–H groups in total. The molecule has 0 unspecified atom stereocenters. The Bertz CT molecular complexity index is 1410. The number of carbonyl (C=O) groups excluding carboxylic acids is 2. The first kappa shape index (κ1) is 23.3. The maximum Gasteiger partial charge on any atom is 0.345 e. The zero-order chi connectivity index (χ0) is 24.1. The average Bonchev–Trinajstić information content (AvgIpc) is 2.84. The van der Waals surface area contributed by atoms with Gasteiger partial charge in [0, 0.05) is 10.6 Å². The maximum absolute atomic E-state index is 12.6. The number of nitrogens with zero attached hydrogens (tertiary/aromatic N) is 1. The van der Waals surface area contributed by atoms with Gasteiger partial charge < -0.3 is 9.47 Å². The van der Waals surface area contributed by atoms with Crippen molar-refractivity contribution in [3.63, 3.8) is 0 Å². The molecular formula is C26H18Cl2N2O4. The highest BCUT2D eigenvalue weighted by molar-refractivity contribution is 6.36. The average molecular weight is 493 g/mol.